The molecule has 4 heteroatoms. The van der Waals surface area contributed by atoms with Gasteiger partial charge in [-0.25, -0.2) is 4.98 Å². The number of fused-ring (bicyclic) bond motifs is 3. The predicted molar refractivity (Wildman–Crippen MR) is 57.2 cm³/mol. The highest BCUT2D eigenvalue weighted by Gasteiger charge is 2.20. The van der Waals surface area contributed by atoms with E-state index in [9.17, 15) is 0 Å². The van der Waals surface area contributed by atoms with Gasteiger partial charge in [-0.2, -0.15) is 0 Å². The summed E-state index contributed by atoms with van der Waals surface area (Å²) in [6.45, 7) is 0. The predicted octanol–water partition coefficient (Wildman–Crippen LogP) is 2.55. The highest BCUT2D eigenvalue weighted by atomic mass is 32.1. The molecule has 2 nitrogen and oxygen atoms in total. The van der Waals surface area contributed by atoms with Crippen molar-refractivity contribution in [3.63, 3.8) is 0 Å². The molecule has 0 unspecified atom stereocenters. The Kier molecular flexibility index (Phi) is 1.48. The first-order chi connectivity index (χ1) is 6.34. The summed E-state index contributed by atoms with van der Waals surface area (Å²) >= 11 is 3.45. The van der Waals surface area contributed by atoms with Gasteiger partial charge in [0, 0.05) is 15.3 Å². The van der Waals surface area contributed by atoms with Crippen LogP contribution in [0.15, 0.2) is 11.4 Å². The lowest BCUT2D eigenvalue weighted by Crippen LogP contribution is -1.97. The van der Waals surface area contributed by atoms with E-state index in [1.165, 1.54) is 15.3 Å². The third kappa shape index (κ3) is 1.02. The maximum Gasteiger partial charge on any atom is 0.180 e. The van der Waals surface area contributed by atoms with Crippen LogP contribution in [0, 0.1) is 0 Å². The number of hydrogen-bond donors (Lipinski definition) is 1. The van der Waals surface area contributed by atoms with Crippen molar-refractivity contribution in [3.8, 4) is 11.3 Å². The van der Waals surface area contributed by atoms with Crippen molar-refractivity contribution < 1.29 is 0 Å². The number of nitrogens with zero attached hydrogens (tertiary/aromatic N) is 1. The summed E-state index contributed by atoms with van der Waals surface area (Å²) in [6, 6.07) is 2.15. The zero-order valence-electron chi connectivity index (χ0n) is 6.91. The third-order valence-electron chi connectivity index (χ3n) is 2.29. The second-order valence-electron chi connectivity index (χ2n) is 3.08. The van der Waals surface area contributed by atoms with E-state index in [0.717, 1.165) is 18.5 Å². The Bertz CT molecular complexity index is 456. The summed E-state index contributed by atoms with van der Waals surface area (Å²) in [5.41, 5.74) is 8.13. The van der Waals surface area contributed by atoms with Gasteiger partial charge in [0.25, 0.3) is 0 Å². The van der Waals surface area contributed by atoms with Gasteiger partial charge >= 0.3 is 0 Å². The zero-order chi connectivity index (χ0) is 8.84. The van der Waals surface area contributed by atoms with Crippen molar-refractivity contribution in [1.82, 2.24) is 4.98 Å². The van der Waals surface area contributed by atoms with Crippen LogP contribution in [-0.2, 0) is 12.8 Å². The van der Waals surface area contributed by atoms with Crippen LogP contribution in [0.1, 0.15) is 9.75 Å². The van der Waals surface area contributed by atoms with E-state index in [0.29, 0.717) is 5.13 Å². The first kappa shape index (κ1) is 7.53. The molecule has 0 spiro atoms. The van der Waals surface area contributed by atoms with Gasteiger partial charge in [-0.15, -0.1) is 22.7 Å². The van der Waals surface area contributed by atoms with E-state index < -0.39 is 0 Å². The first-order valence-electron chi connectivity index (χ1n) is 4.16. The first-order valence-corrected chi connectivity index (χ1v) is 5.86. The molecule has 0 aliphatic heterocycles. The highest BCUT2D eigenvalue weighted by molar-refractivity contribution is 7.16. The summed E-state index contributed by atoms with van der Waals surface area (Å²) < 4.78 is 0. The molecule has 0 saturated heterocycles. The van der Waals surface area contributed by atoms with Crippen LogP contribution in [0.5, 0.6) is 0 Å². The molecular formula is C9H8N2S2. The molecule has 13 heavy (non-hydrogen) atoms. The second kappa shape index (κ2) is 2.56. The number of aromatic nitrogens is 1. The van der Waals surface area contributed by atoms with E-state index in [-0.39, 0.29) is 0 Å². The topological polar surface area (TPSA) is 38.9 Å². The zero-order valence-corrected chi connectivity index (χ0v) is 8.54. The molecule has 3 rings (SSSR count). The van der Waals surface area contributed by atoms with E-state index in [1.807, 2.05) is 11.3 Å². The molecule has 0 saturated carbocycles. The molecule has 0 radical (unpaired) electrons. The Morgan fingerprint density at radius 3 is 3.08 bits per heavy atom. The summed E-state index contributed by atoms with van der Waals surface area (Å²) in [7, 11) is 0. The Morgan fingerprint density at radius 2 is 2.15 bits per heavy atom. The van der Waals surface area contributed by atoms with E-state index in [1.54, 1.807) is 11.3 Å². The van der Waals surface area contributed by atoms with Crippen molar-refractivity contribution in [3.05, 3.63) is 21.2 Å². The number of thiophene rings is 1. The van der Waals surface area contributed by atoms with Gasteiger partial charge < -0.3 is 5.73 Å². The number of nitrogen functional groups attached to an aromatic ring is 1. The molecule has 2 heterocycles. The minimum Gasteiger partial charge on any atom is -0.375 e. The van der Waals surface area contributed by atoms with Crippen LogP contribution in [-0.4, -0.2) is 4.98 Å². The smallest absolute Gasteiger partial charge is 0.180 e. The van der Waals surface area contributed by atoms with E-state index >= 15 is 0 Å². The number of anilines is 1. The maximum atomic E-state index is 5.70. The molecule has 0 atom stereocenters. The second-order valence-corrected chi connectivity index (χ2v) is 5.20. The molecule has 0 bridgehead atoms. The van der Waals surface area contributed by atoms with Crippen molar-refractivity contribution in [2.75, 3.05) is 5.73 Å². The molecular weight excluding hydrogens is 200 g/mol. The molecule has 66 valence electrons. The summed E-state index contributed by atoms with van der Waals surface area (Å²) in [5.74, 6) is 0. The average molecular weight is 208 g/mol. The number of aryl methyl sites for hydroxylation is 2. The standard InChI is InChI=1S/C9H8N2S2/c10-9-11-8-5-3-4-12-6(5)1-2-7(8)13-9/h3-4H,1-2H2,(H2,10,11). The number of rotatable bonds is 0. The Labute approximate surface area is 84.1 Å². The fraction of sp³-hybridized carbons (Fsp3) is 0.222. The molecule has 2 aromatic rings. The van der Waals surface area contributed by atoms with Gasteiger partial charge in [0.2, 0.25) is 0 Å². The lowest BCUT2D eigenvalue weighted by Gasteiger charge is -2.08. The Balaban J connectivity index is 2.29. The van der Waals surface area contributed by atoms with E-state index in [2.05, 4.69) is 16.4 Å². The SMILES string of the molecule is Nc1nc2c(s1)CCc1sccc1-2. The summed E-state index contributed by atoms with van der Waals surface area (Å²) in [6.07, 6.45) is 2.26. The van der Waals surface area contributed by atoms with Crippen LogP contribution >= 0.6 is 22.7 Å². The average Bonchev–Trinajstić information content (AvgIpc) is 2.65. The number of thiazole rings is 1. The minimum atomic E-state index is 0.698. The van der Waals surface area contributed by atoms with Gasteiger partial charge in [0.15, 0.2) is 5.13 Å². The normalized spacial score (nSPS) is 13.8. The van der Waals surface area contributed by atoms with Crippen LogP contribution in [0.4, 0.5) is 5.13 Å². The maximum absolute atomic E-state index is 5.70. The highest BCUT2D eigenvalue weighted by Crippen LogP contribution is 2.39. The molecule has 0 aromatic carbocycles. The van der Waals surface area contributed by atoms with Crippen molar-refractivity contribution in [1.29, 1.82) is 0 Å². The monoisotopic (exact) mass is 208 g/mol. The minimum absolute atomic E-state index is 0.698. The van der Waals surface area contributed by atoms with Gasteiger partial charge in [0.05, 0.1) is 5.69 Å². The van der Waals surface area contributed by atoms with Crippen LogP contribution in [0.3, 0.4) is 0 Å². The van der Waals surface area contributed by atoms with Crippen molar-refractivity contribution in [2.24, 2.45) is 0 Å². The lowest BCUT2D eigenvalue weighted by atomic mass is 10.0. The Morgan fingerprint density at radius 1 is 1.31 bits per heavy atom. The fourth-order valence-corrected chi connectivity index (χ4v) is 3.45. The van der Waals surface area contributed by atoms with Gasteiger partial charge in [-0.1, -0.05) is 0 Å². The third-order valence-corrected chi connectivity index (χ3v) is 4.22. The molecule has 0 amide bonds. The van der Waals surface area contributed by atoms with Crippen molar-refractivity contribution >= 4 is 27.8 Å². The molecule has 1 aliphatic rings. The summed E-state index contributed by atoms with van der Waals surface area (Å²) in [4.78, 5) is 7.17. The largest absolute Gasteiger partial charge is 0.375 e. The van der Waals surface area contributed by atoms with Crippen LogP contribution in [0.25, 0.3) is 11.3 Å². The molecule has 0 fully saturated rings. The van der Waals surface area contributed by atoms with Crippen molar-refractivity contribution in [2.45, 2.75) is 12.8 Å². The molecule has 1 aliphatic carbocycles. The molecule has 2 N–H and O–H groups in total. The molecule has 2 aromatic heterocycles. The summed E-state index contributed by atoms with van der Waals surface area (Å²) in [5, 5.41) is 2.83. The van der Waals surface area contributed by atoms with Gasteiger partial charge in [0.1, 0.15) is 0 Å². The van der Waals surface area contributed by atoms with E-state index in [4.69, 9.17) is 5.73 Å². The number of nitrogens with two attached hydrogens (primary N) is 1. The van der Waals surface area contributed by atoms with Crippen LogP contribution < -0.4 is 5.73 Å². The van der Waals surface area contributed by atoms with Gasteiger partial charge in [-0.05, 0) is 24.3 Å². The lowest BCUT2D eigenvalue weighted by molar-refractivity contribution is 0.979. The quantitative estimate of drug-likeness (QED) is 0.722. The Hall–Kier alpha value is -0.870. The van der Waals surface area contributed by atoms with Crippen LogP contribution in [0.2, 0.25) is 0 Å². The van der Waals surface area contributed by atoms with Gasteiger partial charge in [-0.3, -0.25) is 0 Å². The number of hydrogen-bond acceptors (Lipinski definition) is 4. The fourth-order valence-electron chi connectivity index (χ4n) is 1.72.